The van der Waals surface area contributed by atoms with Gasteiger partial charge in [-0.1, -0.05) is 72.8 Å². The Morgan fingerprint density at radius 2 is 1.58 bits per heavy atom. The molecule has 2 aromatic carbocycles. The van der Waals surface area contributed by atoms with Gasteiger partial charge in [-0.15, -0.1) is 0 Å². The average Bonchev–Trinajstić information content (AvgIpc) is 3.30. The number of hydrogen-bond acceptors (Lipinski definition) is 4. The summed E-state index contributed by atoms with van der Waals surface area (Å²) in [7, 11) is 0. The first kappa shape index (κ1) is 21.8. The van der Waals surface area contributed by atoms with Crippen molar-refractivity contribution in [1.82, 2.24) is 0 Å². The average molecular weight is 443 g/mol. The maximum absolute atomic E-state index is 13.5. The highest BCUT2D eigenvalue weighted by atomic mass is 16.6. The van der Waals surface area contributed by atoms with Crippen molar-refractivity contribution in [1.29, 1.82) is 0 Å². The van der Waals surface area contributed by atoms with Crippen LogP contribution in [0.2, 0.25) is 0 Å². The minimum absolute atomic E-state index is 0.119. The second-order valence-corrected chi connectivity index (χ2v) is 10.5. The molecule has 4 nitrogen and oxygen atoms in total. The number of fused-ring (bicyclic) bond motifs is 5. The lowest BCUT2D eigenvalue weighted by Crippen LogP contribution is -2.56. The molecule has 0 spiro atoms. The van der Waals surface area contributed by atoms with E-state index in [2.05, 4.69) is 30.3 Å². The largest absolute Gasteiger partial charge is 0.457 e. The molecule has 0 saturated carbocycles. The van der Waals surface area contributed by atoms with Crippen LogP contribution in [0.5, 0.6) is 0 Å². The van der Waals surface area contributed by atoms with Crippen molar-refractivity contribution >= 4 is 17.3 Å². The number of esters is 1. The number of ketones is 1. The molecule has 33 heavy (non-hydrogen) atoms. The van der Waals surface area contributed by atoms with Crippen molar-refractivity contribution in [2.75, 3.05) is 0 Å². The van der Waals surface area contributed by atoms with Crippen LogP contribution in [-0.4, -0.2) is 28.6 Å². The fourth-order valence-electron chi connectivity index (χ4n) is 5.78. The summed E-state index contributed by atoms with van der Waals surface area (Å²) in [6.07, 6.45) is 5.00. The van der Waals surface area contributed by atoms with Gasteiger partial charge >= 0.3 is 5.97 Å². The standard InChI is InChI=1S/C29H30O4/c1-27(2,3)32-26(31)29-22-16-15-21(25(22)28(4,33-29)18-17-23(29)30)24(19-11-7-5-8-12-19)20-13-9-6-10-14-20/h5-16,22,25H,17-18H2,1-4H3/t22-,25+,28-,29-/m1/s1. The van der Waals surface area contributed by atoms with Gasteiger partial charge in [-0.3, -0.25) is 4.79 Å². The number of hydrogen-bond donors (Lipinski definition) is 0. The Labute approximate surface area is 195 Å². The summed E-state index contributed by atoms with van der Waals surface area (Å²) in [5.74, 6) is -1.24. The molecular weight excluding hydrogens is 412 g/mol. The summed E-state index contributed by atoms with van der Waals surface area (Å²) in [6.45, 7) is 7.50. The molecule has 4 atom stereocenters. The number of rotatable bonds is 3. The molecule has 0 amide bonds. The lowest BCUT2D eigenvalue weighted by molar-refractivity contribution is -0.201. The van der Waals surface area contributed by atoms with E-state index in [1.165, 1.54) is 0 Å². The van der Waals surface area contributed by atoms with Crippen molar-refractivity contribution in [2.45, 2.75) is 57.3 Å². The molecule has 2 aliphatic heterocycles. The number of Topliss-reactive ketones (excluding diaryl/α,β-unsaturated/α-hetero) is 1. The van der Waals surface area contributed by atoms with E-state index in [-0.39, 0.29) is 17.6 Å². The van der Waals surface area contributed by atoms with E-state index < -0.39 is 22.8 Å². The molecule has 3 aliphatic rings. The third-order valence-electron chi connectivity index (χ3n) is 7.08. The molecule has 0 aromatic heterocycles. The van der Waals surface area contributed by atoms with Crippen molar-refractivity contribution in [3.05, 3.63) is 89.5 Å². The summed E-state index contributed by atoms with van der Waals surface area (Å²) < 4.78 is 12.3. The van der Waals surface area contributed by atoms with Gasteiger partial charge in [0, 0.05) is 18.3 Å². The fraction of sp³-hybridized carbons (Fsp3) is 0.379. The highest BCUT2D eigenvalue weighted by Gasteiger charge is 2.71. The first-order chi connectivity index (χ1) is 15.7. The van der Waals surface area contributed by atoms with Gasteiger partial charge < -0.3 is 9.47 Å². The van der Waals surface area contributed by atoms with Gasteiger partial charge in [0.25, 0.3) is 0 Å². The quantitative estimate of drug-likeness (QED) is 0.464. The maximum atomic E-state index is 13.5. The summed E-state index contributed by atoms with van der Waals surface area (Å²) in [5.41, 5.74) is 1.51. The van der Waals surface area contributed by atoms with Gasteiger partial charge in [0.2, 0.25) is 5.60 Å². The van der Waals surface area contributed by atoms with Crippen molar-refractivity contribution in [3.8, 4) is 0 Å². The number of benzene rings is 2. The Balaban J connectivity index is 1.70. The van der Waals surface area contributed by atoms with Gasteiger partial charge in [0.1, 0.15) is 5.60 Å². The molecule has 2 saturated heterocycles. The molecule has 170 valence electrons. The van der Waals surface area contributed by atoms with Gasteiger partial charge in [-0.2, -0.15) is 0 Å². The fourth-order valence-corrected chi connectivity index (χ4v) is 5.78. The predicted molar refractivity (Wildman–Crippen MR) is 127 cm³/mol. The maximum Gasteiger partial charge on any atom is 0.347 e. The van der Waals surface area contributed by atoms with Gasteiger partial charge in [-0.25, -0.2) is 4.79 Å². The Morgan fingerprint density at radius 1 is 1.00 bits per heavy atom. The monoisotopic (exact) mass is 442 g/mol. The van der Waals surface area contributed by atoms with Crippen molar-refractivity contribution in [2.24, 2.45) is 11.8 Å². The van der Waals surface area contributed by atoms with Crippen LogP contribution in [0.3, 0.4) is 0 Å². The Hall–Kier alpha value is -2.98. The summed E-state index contributed by atoms with van der Waals surface area (Å²) in [5, 5.41) is 0. The van der Waals surface area contributed by atoms with E-state index in [0.29, 0.717) is 12.8 Å². The summed E-state index contributed by atoms with van der Waals surface area (Å²) in [6, 6.07) is 20.6. The third-order valence-corrected chi connectivity index (χ3v) is 7.08. The molecule has 2 heterocycles. The second kappa shape index (κ2) is 7.53. The SMILES string of the molecule is CC(C)(C)OC(=O)[C@]12O[C@](C)(CCC1=O)[C@H]1C(=C(c3ccccc3)c3ccccc3)C=C[C@H]12. The lowest BCUT2D eigenvalue weighted by atomic mass is 9.74. The molecule has 4 heteroatoms. The van der Waals surface area contributed by atoms with Crippen LogP contribution < -0.4 is 0 Å². The Kier molecular flexibility index (Phi) is 4.98. The summed E-state index contributed by atoms with van der Waals surface area (Å²) >= 11 is 0. The van der Waals surface area contributed by atoms with Crippen LogP contribution >= 0.6 is 0 Å². The van der Waals surface area contributed by atoms with Gasteiger partial charge in [0.15, 0.2) is 5.78 Å². The van der Waals surface area contributed by atoms with Gasteiger partial charge in [-0.05, 0) is 56.4 Å². The smallest absolute Gasteiger partial charge is 0.347 e. The van der Waals surface area contributed by atoms with Crippen molar-refractivity contribution < 1.29 is 19.1 Å². The molecule has 1 aliphatic carbocycles. The predicted octanol–water partition coefficient (Wildman–Crippen LogP) is 5.52. The minimum atomic E-state index is -1.58. The number of ether oxygens (including phenoxy) is 2. The molecule has 5 rings (SSSR count). The van der Waals surface area contributed by atoms with E-state index in [1.807, 2.05) is 70.2 Å². The van der Waals surface area contributed by atoms with Crippen LogP contribution in [0.15, 0.2) is 78.4 Å². The molecule has 0 N–H and O–H groups in total. The van der Waals surface area contributed by atoms with E-state index in [0.717, 1.165) is 22.3 Å². The Morgan fingerprint density at radius 3 is 2.12 bits per heavy atom. The first-order valence-electron chi connectivity index (χ1n) is 11.7. The normalized spacial score (nSPS) is 30.3. The second-order valence-electron chi connectivity index (χ2n) is 10.5. The first-order valence-corrected chi connectivity index (χ1v) is 11.7. The van der Waals surface area contributed by atoms with E-state index in [9.17, 15) is 9.59 Å². The lowest BCUT2D eigenvalue weighted by Gasteiger charge is -2.38. The Bertz CT molecular complexity index is 1110. The molecule has 2 aromatic rings. The number of carbonyl (C=O) groups is 2. The molecule has 2 bridgehead atoms. The highest BCUT2D eigenvalue weighted by molar-refractivity contribution is 6.09. The van der Waals surface area contributed by atoms with Crippen LogP contribution in [0.4, 0.5) is 0 Å². The van der Waals surface area contributed by atoms with E-state index in [4.69, 9.17) is 9.47 Å². The summed E-state index contributed by atoms with van der Waals surface area (Å²) in [4.78, 5) is 26.8. The van der Waals surface area contributed by atoms with Crippen LogP contribution in [0, 0.1) is 11.8 Å². The van der Waals surface area contributed by atoms with Crippen LogP contribution in [0.25, 0.3) is 5.57 Å². The zero-order valence-corrected chi connectivity index (χ0v) is 19.6. The number of carbonyl (C=O) groups excluding carboxylic acids is 2. The van der Waals surface area contributed by atoms with Crippen LogP contribution in [-0.2, 0) is 19.1 Å². The molecule has 2 fully saturated rings. The number of allylic oxidation sites excluding steroid dienone is 1. The highest BCUT2D eigenvalue weighted by Crippen LogP contribution is 2.61. The van der Waals surface area contributed by atoms with Gasteiger partial charge in [0.05, 0.1) is 5.60 Å². The zero-order chi connectivity index (χ0) is 23.4. The zero-order valence-electron chi connectivity index (χ0n) is 19.6. The van der Waals surface area contributed by atoms with Crippen LogP contribution in [0.1, 0.15) is 51.7 Å². The molecule has 0 radical (unpaired) electrons. The topological polar surface area (TPSA) is 52.6 Å². The molecule has 0 unspecified atom stereocenters. The van der Waals surface area contributed by atoms with E-state index in [1.54, 1.807) is 0 Å². The van der Waals surface area contributed by atoms with Crippen molar-refractivity contribution in [3.63, 3.8) is 0 Å². The molecular formula is C29H30O4. The third kappa shape index (κ3) is 3.39. The minimum Gasteiger partial charge on any atom is -0.457 e. The van der Waals surface area contributed by atoms with E-state index >= 15 is 0 Å².